The van der Waals surface area contributed by atoms with Crippen LogP contribution in [0.5, 0.6) is 0 Å². The van der Waals surface area contributed by atoms with Crippen LogP contribution < -0.4 is 5.32 Å². The van der Waals surface area contributed by atoms with Gasteiger partial charge in [-0.2, -0.15) is 5.10 Å². The predicted octanol–water partition coefficient (Wildman–Crippen LogP) is 3.60. The monoisotopic (exact) mass is 454 g/mol. The molecule has 0 bridgehead atoms. The van der Waals surface area contributed by atoms with Gasteiger partial charge in [-0.25, -0.2) is 0 Å². The van der Waals surface area contributed by atoms with E-state index in [1.807, 2.05) is 24.3 Å². The van der Waals surface area contributed by atoms with Crippen LogP contribution in [0.2, 0.25) is 0 Å². The molecule has 0 radical (unpaired) electrons. The number of nitrogens with one attached hydrogen (secondary N) is 2. The highest BCUT2D eigenvalue weighted by molar-refractivity contribution is 9.10. The standard InChI is InChI=1S/C22H23BrN4O2/c23-19-7-5-18(6-8-19)20-13-21(26-25-20)22(28)24-14-16-1-3-17(4-2-16)15-27-9-11-29-12-10-27/h1-8,13H,9-12,14-15H2,(H,24,28)(H,25,26). The number of morpholine rings is 1. The predicted molar refractivity (Wildman–Crippen MR) is 115 cm³/mol. The number of rotatable bonds is 6. The molecule has 0 saturated carbocycles. The summed E-state index contributed by atoms with van der Waals surface area (Å²) in [5.74, 6) is -0.168. The number of aromatic amines is 1. The second-order valence-corrected chi connectivity index (χ2v) is 7.98. The zero-order valence-electron chi connectivity index (χ0n) is 16.0. The lowest BCUT2D eigenvalue weighted by Gasteiger charge is -2.26. The molecule has 1 fully saturated rings. The molecule has 0 spiro atoms. The Morgan fingerprint density at radius 1 is 1.07 bits per heavy atom. The van der Waals surface area contributed by atoms with E-state index < -0.39 is 0 Å². The molecule has 2 aromatic carbocycles. The number of aromatic nitrogens is 2. The van der Waals surface area contributed by atoms with Crippen molar-refractivity contribution >= 4 is 21.8 Å². The third-order valence-corrected chi connectivity index (χ3v) is 5.48. The van der Waals surface area contributed by atoms with Crippen LogP contribution in [0.25, 0.3) is 11.3 Å². The highest BCUT2D eigenvalue weighted by Gasteiger charge is 2.12. The van der Waals surface area contributed by atoms with Gasteiger partial charge in [0.15, 0.2) is 0 Å². The minimum Gasteiger partial charge on any atom is -0.379 e. The van der Waals surface area contributed by atoms with Gasteiger partial charge in [-0.15, -0.1) is 0 Å². The number of nitrogens with zero attached hydrogens (tertiary/aromatic N) is 2. The molecule has 29 heavy (non-hydrogen) atoms. The number of halogens is 1. The minimum absolute atomic E-state index is 0.168. The Labute approximate surface area is 178 Å². The van der Waals surface area contributed by atoms with Crippen LogP contribution >= 0.6 is 15.9 Å². The first-order chi connectivity index (χ1) is 14.2. The number of carbonyl (C=O) groups is 1. The van der Waals surface area contributed by atoms with Crippen LogP contribution in [0.15, 0.2) is 59.1 Å². The van der Waals surface area contributed by atoms with E-state index in [9.17, 15) is 4.79 Å². The third-order valence-electron chi connectivity index (χ3n) is 4.95. The zero-order chi connectivity index (χ0) is 20.1. The highest BCUT2D eigenvalue weighted by atomic mass is 79.9. The Morgan fingerprint density at radius 2 is 1.76 bits per heavy atom. The first kappa shape index (κ1) is 19.8. The zero-order valence-corrected chi connectivity index (χ0v) is 17.6. The number of hydrogen-bond acceptors (Lipinski definition) is 4. The maximum absolute atomic E-state index is 12.4. The summed E-state index contributed by atoms with van der Waals surface area (Å²) in [5, 5.41) is 10.0. The van der Waals surface area contributed by atoms with Crippen LogP contribution in [-0.2, 0) is 17.8 Å². The average Bonchev–Trinajstić information content (AvgIpc) is 3.25. The lowest BCUT2D eigenvalue weighted by molar-refractivity contribution is 0.0342. The lowest BCUT2D eigenvalue weighted by Crippen LogP contribution is -2.35. The fraction of sp³-hybridized carbons (Fsp3) is 0.273. The normalized spacial score (nSPS) is 14.7. The molecule has 0 unspecified atom stereocenters. The molecule has 2 heterocycles. The van der Waals surface area contributed by atoms with Gasteiger partial charge in [-0.3, -0.25) is 14.8 Å². The third kappa shape index (κ3) is 5.32. The number of benzene rings is 2. The Bertz CT molecular complexity index is 948. The Kier molecular flexibility index (Phi) is 6.39. The van der Waals surface area contributed by atoms with E-state index >= 15 is 0 Å². The Hall–Kier alpha value is -2.48. The fourth-order valence-electron chi connectivity index (χ4n) is 3.26. The van der Waals surface area contributed by atoms with Crippen molar-refractivity contribution in [1.82, 2.24) is 20.4 Å². The summed E-state index contributed by atoms with van der Waals surface area (Å²) in [6, 6.07) is 18.0. The first-order valence-electron chi connectivity index (χ1n) is 9.65. The molecule has 1 aromatic heterocycles. The number of carbonyl (C=O) groups excluding carboxylic acids is 1. The van der Waals surface area contributed by atoms with E-state index in [1.165, 1.54) is 5.56 Å². The molecule has 1 aliphatic heterocycles. The molecule has 0 aliphatic carbocycles. The molecule has 1 saturated heterocycles. The number of ether oxygens (including phenoxy) is 1. The largest absolute Gasteiger partial charge is 0.379 e. The summed E-state index contributed by atoms with van der Waals surface area (Å²) < 4.78 is 6.39. The molecule has 2 N–H and O–H groups in total. The van der Waals surface area contributed by atoms with Crippen LogP contribution in [0.4, 0.5) is 0 Å². The number of H-pyrrole nitrogens is 1. The van der Waals surface area contributed by atoms with Gasteiger partial charge in [0, 0.05) is 36.2 Å². The van der Waals surface area contributed by atoms with Gasteiger partial charge >= 0.3 is 0 Å². The second kappa shape index (κ2) is 9.35. The summed E-state index contributed by atoms with van der Waals surface area (Å²) >= 11 is 3.42. The first-order valence-corrected chi connectivity index (χ1v) is 10.4. The van der Waals surface area contributed by atoms with Crippen molar-refractivity contribution < 1.29 is 9.53 Å². The molecule has 1 aliphatic rings. The van der Waals surface area contributed by atoms with E-state index in [0.29, 0.717) is 12.2 Å². The molecule has 4 rings (SSSR count). The summed E-state index contributed by atoms with van der Waals surface area (Å²) in [5.41, 5.74) is 4.49. The maximum atomic E-state index is 12.4. The van der Waals surface area contributed by atoms with Crippen molar-refractivity contribution in [2.75, 3.05) is 26.3 Å². The van der Waals surface area contributed by atoms with Crippen LogP contribution in [0.3, 0.4) is 0 Å². The molecule has 0 atom stereocenters. The molecular weight excluding hydrogens is 432 g/mol. The SMILES string of the molecule is O=C(NCc1ccc(CN2CCOCC2)cc1)c1cc(-c2ccc(Br)cc2)n[nH]1. The molecular formula is C22H23BrN4O2. The van der Waals surface area contributed by atoms with E-state index in [-0.39, 0.29) is 5.91 Å². The van der Waals surface area contributed by atoms with Crippen molar-refractivity contribution in [3.05, 3.63) is 75.9 Å². The second-order valence-electron chi connectivity index (χ2n) is 7.06. The lowest BCUT2D eigenvalue weighted by atomic mass is 10.1. The number of hydrogen-bond donors (Lipinski definition) is 2. The van der Waals surface area contributed by atoms with Crippen LogP contribution in [0, 0.1) is 0 Å². The van der Waals surface area contributed by atoms with E-state index in [1.54, 1.807) is 6.07 Å². The maximum Gasteiger partial charge on any atom is 0.269 e. The van der Waals surface area contributed by atoms with Gasteiger partial charge in [-0.05, 0) is 29.3 Å². The summed E-state index contributed by atoms with van der Waals surface area (Å²) in [7, 11) is 0. The van der Waals surface area contributed by atoms with Gasteiger partial charge in [0.05, 0.1) is 18.9 Å². The Balaban J connectivity index is 1.30. The van der Waals surface area contributed by atoms with Gasteiger partial charge in [0.1, 0.15) is 5.69 Å². The smallest absolute Gasteiger partial charge is 0.269 e. The van der Waals surface area contributed by atoms with E-state index in [2.05, 4.69) is 60.6 Å². The van der Waals surface area contributed by atoms with E-state index in [0.717, 1.165) is 54.1 Å². The van der Waals surface area contributed by atoms with Gasteiger partial charge in [-0.1, -0.05) is 52.3 Å². The summed E-state index contributed by atoms with van der Waals surface area (Å²) in [6.07, 6.45) is 0. The topological polar surface area (TPSA) is 70.2 Å². The van der Waals surface area contributed by atoms with Crippen molar-refractivity contribution in [2.45, 2.75) is 13.1 Å². The fourth-order valence-corrected chi connectivity index (χ4v) is 3.53. The summed E-state index contributed by atoms with van der Waals surface area (Å²) in [4.78, 5) is 14.8. The van der Waals surface area contributed by atoms with Gasteiger partial charge in [0.2, 0.25) is 0 Å². The van der Waals surface area contributed by atoms with Crippen LogP contribution in [0.1, 0.15) is 21.6 Å². The quantitative estimate of drug-likeness (QED) is 0.596. The average molecular weight is 455 g/mol. The van der Waals surface area contributed by atoms with Crippen molar-refractivity contribution in [1.29, 1.82) is 0 Å². The molecule has 3 aromatic rings. The van der Waals surface area contributed by atoms with Crippen molar-refractivity contribution in [3.8, 4) is 11.3 Å². The minimum atomic E-state index is -0.168. The van der Waals surface area contributed by atoms with Gasteiger partial charge < -0.3 is 10.1 Å². The number of amides is 1. The van der Waals surface area contributed by atoms with Crippen molar-refractivity contribution in [2.24, 2.45) is 0 Å². The molecule has 7 heteroatoms. The van der Waals surface area contributed by atoms with E-state index in [4.69, 9.17) is 4.74 Å². The highest BCUT2D eigenvalue weighted by Crippen LogP contribution is 2.20. The van der Waals surface area contributed by atoms with Gasteiger partial charge in [0.25, 0.3) is 5.91 Å². The molecule has 6 nitrogen and oxygen atoms in total. The van der Waals surface area contributed by atoms with Crippen molar-refractivity contribution in [3.63, 3.8) is 0 Å². The molecule has 1 amide bonds. The summed E-state index contributed by atoms with van der Waals surface area (Å²) in [6.45, 7) is 4.98. The molecule has 150 valence electrons. The van der Waals surface area contributed by atoms with Crippen LogP contribution in [-0.4, -0.2) is 47.3 Å². The Morgan fingerprint density at radius 3 is 2.48 bits per heavy atom.